The van der Waals surface area contributed by atoms with Crippen molar-refractivity contribution in [2.75, 3.05) is 13.7 Å². The van der Waals surface area contributed by atoms with Crippen LogP contribution in [0.2, 0.25) is 0 Å². The highest BCUT2D eigenvalue weighted by Crippen LogP contribution is 2.50. The molecule has 0 radical (unpaired) electrons. The summed E-state index contributed by atoms with van der Waals surface area (Å²) in [7, 11) is 1.61. The summed E-state index contributed by atoms with van der Waals surface area (Å²) in [6.07, 6.45) is 4.77. The van der Waals surface area contributed by atoms with E-state index in [9.17, 15) is 9.90 Å². The smallest absolute Gasteiger partial charge is 0.374 e. The number of methoxy groups -OCH3 is 1. The van der Waals surface area contributed by atoms with E-state index in [1.54, 1.807) is 40.0 Å². The number of allylic oxidation sites excluding steroid dienone is 3. The van der Waals surface area contributed by atoms with Crippen molar-refractivity contribution in [2.45, 2.75) is 59.2 Å². The van der Waals surface area contributed by atoms with E-state index in [0.29, 0.717) is 29.6 Å². The fraction of sp³-hybridized carbons (Fsp3) is 0.522. The molecule has 0 bridgehead atoms. The Morgan fingerprint density at radius 2 is 2.10 bits per heavy atom. The highest BCUT2D eigenvalue weighted by Gasteiger charge is 2.39. The van der Waals surface area contributed by atoms with E-state index >= 15 is 0 Å². The number of benzene rings is 1. The van der Waals surface area contributed by atoms with Gasteiger partial charge in [-0.25, -0.2) is 4.79 Å². The molecule has 3 rings (SSSR count). The zero-order valence-corrected chi connectivity index (χ0v) is 18.0. The lowest BCUT2D eigenvalue weighted by Crippen LogP contribution is -2.39. The molecule has 0 fully saturated rings. The topological polar surface area (TPSA) is 74.2 Å². The van der Waals surface area contributed by atoms with Crippen molar-refractivity contribution < 1.29 is 28.8 Å². The van der Waals surface area contributed by atoms with E-state index in [4.69, 9.17) is 18.9 Å². The molecule has 0 amide bonds. The SMILES string of the molecule is CCOC(=O)C1=C/C(=C\CC(C)C)c2c(cc3c(c2OC)C[C@@H](C(C)(C)O)O3)O1. The lowest BCUT2D eigenvalue weighted by atomic mass is 9.92. The lowest BCUT2D eigenvalue weighted by molar-refractivity contribution is -0.141. The molecule has 0 saturated heterocycles. The van der Waals surface area contributed by atoms with Gasteiger partial charge in [-0.05, 0) is 44.8 Å². The van der Waals surface area contributed by atoms with E-state index in [2.05, 4.69) is 19.9 Å². The molecule has 1 atom stereocenters. The Morgan fingerprint density at radius 3 is 2.69 bits per heavy atom. The summed E-state index contributed by atoms with van der Waals surface area (Å²) in [5.41, 5.74) is 1.54. The molecule has 0 aliphatic carbocycles. The molecule has 0 saturated carbocycles. The second-order valence-electron chi connectivity index (χ2n) is 8.34. The van der Waals surface area contributed by atoms with Crippen LogP contribution in [0.4, 0.5) is 0 Å². The molecule has 1 aromatic rings. The molecule has 0 spiro atoms. The Kier molecular flexibility index (Phi) is 5.94. The Bertz CT molecular complexity index is 857. The normalized spacial score (nSPS) is 19.2. The van der Waals surface area contributed by atoms with Crippen molar-refractivity contribution in [2.24, 2.45) is 5.92 Å². The Labute approximate surface area is 172 Å². The molecule has 1 N–H and O–H groups in total. The molecule has 29 heavy (non-hydrogen) atoms. The van der Waals surface area contributed by atoms with Crippen molar-refractivity contribution >= 4 is 11.5 Å². The quantitative estimate of drug-likeness (QED) is 0.724. The number of hydrogen-bond acceptors (Lipinski definition) is 6. The van der Waals surface area contributed by atoms with Gasteiger partial charge in [-0.3, -0.25) is 0 Å². The van der Waals surface area contributed by atoms with Crippen molar-refractivity contribution in [1.29, 1.82) is 0 Å². The van der Waals surface area contributed by atoms with Gasteiger partial charge in [0.25, 0.3) is 0 Å². The molecule has 158 valence electrons. The third-order valence-corrected chi connectivity index (χ3v) is 5.04. The van der Waals surface area contributed by atoms with Gasteiger partial charge in [-0.2, -0.15) is 0 Å². The van der Waals surface area contributed by atoms with Crippen LogP contribution in [-0.2, 0) is 16.0 Å². The van der Waals surface area contributed by atoms with Crippen LogP contribution in [0.1, 0.15) is 52.2 Å². The Balaban J connectivity index is 2.11. The summed E-state index contributed by atoms with van der Waals surface area (Å²) >= 11 is 0. The van der Waals surface area contributed by atoms with Crippen LogP contribution in [-0.4, -0.2) is 36.5 Å². The summed E-state index contributed by atoms with van der Waals surface area (Å²) < 4.78 is 22.8. The van der Waals surface area contributed by atoms with Crippen LogP contribution in [0.5, 0.6) is 17.2 Å². The number of esters is 1. The van der Waals surface area contributed by atoms with E-state index in [1.165, 1.54) is 0 Å². The molecule has 2 aliphatic rings. The molecule has 6 nitrogen and oxygen atoms in total. The first-order chi connectivity index (χ1) is 13.7. The third-order valence-electron chi connectivity index (χ3n) is 5.04. The van der Waals surface area contributed by atoms with Crippen molar-refractivity contribution in [3.05, 3.63) is 35.1 Å². The number of rotatable bonds is 6. The summed E-state index contributed by atoms with van der Waals surface area (Å²) in [6.45, 7) is 9.73. The minimum atomic E-state index is -1.00. The molecular weight excluding hydrogens is 372 g/mol. The summed E-state index contributed by atoms with van der Waals surface area (Å²) in [5.74, 6) is 1.81. The largest absolute Gasteiger partial charge is 0.496 e. The Hall–Kier alpha value is -2.47. The Morgan fingerprint density at radius 1 is 1.38 bits per heavy atom. The van der Waals surface area contributed by atoms with Crippen LogP contribution < -0.4 is 14.2 Å². The molecular formula is C23H30O6. The maximum absolute atomic E-state index is 12.3. The minimum Gasteiger partial charge on any atom is -0.496 e. The van der Waals surface area contributed by atoms with Gasteiger partial charge in [-0.1, -0.05) is 19.9 Å². The maximum atomic E-state index is 12.3. The molecule has 6 heteroatoms. The van der Waals surface area contributed by atoms with Crippen molar-refractivity contribution in [1.82, 2.24) is 0 Å². The number of hydrogen-bond donors (Lipinski definition) is 1. The summed E-state index contributed by atoms with van der Waals surface area (Å²) in [6, 6.07) is 1.77. The second kappa shape index (κ2) is 8.11. The molecule has 0 aromatic heterocycles. The van der Waals surface area contributed by atoms with Gasteiger partial charge < -0.3 is 24.1 Å². The monoisotopic (exact) mass is 402 g/mol. The average Bonchev–Trinajstić information content (AvgIpc) is 3.08. The second-order valence-corrected chi connectivity index (χ2v) is 8.34. The van der Waals surface area contributed by atoms with Crippen LogP contribution in [0.3, 0.4) is 0 Å². The number of carbonyl (C=O) groups is 1. The number of aliphatic hydroxyl groups is 1. The van der Waals surface area contributed by atoms with Crippen LogP contribution in [0.15, 0.2) is 24.0 Å². The predicted octanol–water partition coefficient (Wildman–Crippen LogP) is 4.04. The van der Waals surface area contributed by atoms with Crippen LogP contribution >= 0.6 is 0 Å². The van der Waals surface area contributed by atoms with Gasteiger partial charge in [0.1, 0.15) is 23.4 Å². The number of fused-ring (bicyclic) bond motifs is 2. The van der Waals surface area contributed by atoms with Crippen LogP contribution in [0, 0.1) is 5.92 Å². The first-order valence-corrected chi connectivity index (χ1v) is 10.1. The van der Waals surface area contributed by atoms with E-state index in [1.807, 2.05) is 0 Å². The molecule has 2 aliphatic heterocycles. The van der Waals surface area contributed by atoms with Crippen molar-refractivity contribution in [3.8, 4) is 17.2 Å². The first-order valence-electron chi connectivity index (χ1n) is 10.1. The van der Waals surface area contributed by atoms with Crippen molar-refractivity contribution in [3.63, 3.8) is 0 Å². The van der Waals surface area contributed by atoms with E-state index < -0.39 is 17.7 Å². The highest BCUT2D eigenvalue weighted by atomic mass is 16.6. The van der Waals surface area contributed by atoms with E-state index in [-0.39, 0.29) is 12.4 Å². The summed E-state index contributed by atoms with van der Waals surface area (Å²) in [4.78, 5) is 12.3. The summed E-state index contributed by atoms with van der Waals surface area (Å²) in [5, 5.41) is 10.4. The highest BCUT2D eigenvalue weighted by molar-refractivity contribution is 5.95. The zero-order chi connectivity index (χ0) is 21.3. The molecule has 0 unspecified atom stereocenters. The lowest BCUT2D eigenvalue weighted by Gasteiger charge is -2.24. The number of carbonyl (C=O) groups excluding carboxylic acids is 1. The number of ether oxygens (including phenoxy) is 4. The first kappa shape index (κ1) is 21.2. The van der Waals surface area contributed by atoms with Gasteiger partial charge in [0.05, 0.1) is 24.9 Å². The zero-order valence-electron chi connectivity index (χ0n) is 18.0. The van der Waals surface area contributed by atoms with Gasteiger partial charge >= 0.3 is 5.97 Å². The molecule has 1 aromatic carbocycles. The van der Waals surface area contributed by atoms with Gasteiger partial charge in [-0.15, -0.1) is 0 Å². The van der Waals surface area contributed by atoms with Gasteiger partial charge in [0.15, 0.2) is 0 Å². The third kappa shape index (κ3) is 4.27. The van der Waals surface area contributed by atoms with Gasteiger partial charge in [0, 0.05) is 18.1 Å². The van der Waals surface area contributed by atoms with E-state index in [0.717, 1.165) is 23.1 Å². The standard InChI is InChI=1S/C23H30O6/c1-7-27-22(24)18-10-14(9-8-13(2)3)20-17(28-18)12-16-15(21(20)26-6)11-19(29-16)23(4,5)25/h9-10,12-13,19,25H,7-8,11H2,1-6H3/b14-9+/t19-/m0/s1. The maximum Gasteiger partial charge on any atom is 0.374 e. The van der Waals surface area contributed by atoms with Gasteiger partial charge in [0.2, 0.25) is 5.76 Å². The molecule has 2 heterocycles. The minimum absolute atomic E-state index is 0.133. The predicted molar refractivity (Wildman–Crippen MR) is 110 cm³/mol. The fourth-order valence-corrected chi connectivity index (χ4v) is 3.49. The fourth-order valence-electron chi connectivity index (χ4n) is 3.49. The average molecular weight is 402 g/mol. The van der Waals surface area contributed by atoms with Crippen LogP contribution in [0.25, 0.3) is 5.57 Å².